The van der Waals surface area contributed by atoms with Crippen molar-refractivity contribution in [1.29, 1.82) is 0 Å². The molecule has 20 heavy (non-hydrogen) atoms. The summed E-state index contributed by atoms with van der Waals surface area (Å²) in [6.07, 6.45) is 0.391. The highest BCUT2D eigenvalue weighted by Gasteiger charge is 2.23. The molecular weight excluding hydrogens is 252 g/mol. The largest absolute Gasteiger partial charge is 0.481 e. The van der Waals surface area contributed by atoms with Crippen molar-refractivity contribution in [2.45, 2.75) is 19.1 Å². The Morgan fingerprint density at radius 1 is 1.25 bits per heavy atom. The number of rotatable bonds is 3. The zero-order chi connectivity index (χ0) is 13.9. The molecule has 3 rings (SSSR count). The van der Waals surface area contributed by atoms with Crippen LogP contribution in [0.3, 0.4) is 0 Å². The lowest BCUT2D eigenvalue weighted by Gasteiger charge is -2.33. The zero-order valence-corrected chi connectivity index (χ0v) is 11.5. The third kappa shape index (κ3) is 2.47. The molecule has 1 aliphatic heterocycles. The number of pyridine rings is 1. The van der Waals surface area contributed by atoms with Crippen LogP contribution in [0.5, 0.6) is 5.88 Å². The molecule has 2 heterocycles. The maximum absolute atomic E-state index is 10.1. The number of aromatic nitrogens is 1. The minimum Gasteiger partial charge on any atom is -0.481 e. The Labute approximate surface area is 118 Å². The van der Waals surface area contributed by atoms with Gasteiger partial charge in [0.05, 0.1) is 25.5 Å². The lowest BCUT2D eigenvalue weighted by atomic mass is 9.99. The minimum atomic E-state index is -0.360. The van der Waals surface area contributed by atoms with Gasteiger partial charge in [0, 0.05) is 23.9 Å². The average Bonchev–Trinajstić information content (AvgIpc) is 2.51. The number of nitrogens with zero attached hydrogens (tertiary/aromatic N) is 2. The molecule has 0 radical (unpaired) electrons. The first-order chi connectivity index (χ1) is 9.78. The molecule has 0 spiro atoms. The quantitative estimate of drug-likeness (QED) is 0.931. The van der Waals surface area contributed by atoms with Gasteiger partial charge in [0.2, 0.25) is 5.88 Å². The monoisotopic (exact) mass is 270 g/mol. The smallest absolute Gasteiger partial charge is 0.213 e. The van der Waals surface area contributed by atoms with Gasteiger partial charge in [-0.05, 0) is 18.6 Å². The SMILES string of the molecule is COc1cccc(CN2CCC(O)c3ccccc32)n1. The third-order valence-corrected chi connectivity index (χ3v) is 3.65. The van der Waals surface area contributed by atoms with Gasteiger partial charge in [-0.25, -0.2) is 4.98 Å². The first kappa shape index (κ1) is 12.9. The van der Waals surface area contributed by atoms with Gasteiger partial charge in [-0.3, -0.25) is 0 Å². The number of anilines is 1. The molecule has 0 saturated carbocycles. The second-order valence-electron chi connectivity index (χ2n) is 4.96. The molecular formula is C16H18N2O2. The Hall–Kier alpha value is -2.07. The lowest BCUT2D eigenvalue weighted by molar-refractivity contribution is 0.164. The Bertz CT molecular complexity index is 601. The minimum absolute atomic E-state index is 0.360. The van der Waals surface area contributed by atoms with Crippen molar-refractivity contribution in [2.75, 3.05) is 18.6 Å². The van der Waals surface area contributed by atoms with E-state index in [9.17, 15) is 5.11 Å². The van der Waals surface area contributed by atoms with Crippen LogP contribution in [0.1, 0.15) is 23.8 Å². The van der Waals surface area contributed by atoms with E-state index in [0.29, 0.717) is 5.88 Å². The number of aliphatic hydroxyl groups is 1. The van der Waals surface area contributed by atoms with Gasteiger partial charge in [-0.15, -0.1) is 0 Å². The zero-order valence-electron chi connectivity index (χ0n) is 11.5. The van der Waals surface area contributed by atoms with Gasteiger partial charge in [0.25, 0.3) is 0 Å². The fourth-order valence-electron chi connectivity index (χ4n) is 2.63. The molecule has 1 aromatic carbocycles. The molecule has 1 unspecified atom stereocenters. The number of aliphatic hydroxyl groups excluding tert-OH is 1. The molecule has 1 atom stereocenters. The molecule has 0 aliphatic carbocycles. The molecule has 1 aliphatic rings. The van der Waals surface area contributed by atoms with E-state index < -0.39 is 0 Å². The number of fused-ring (bicyclic) bond motifs is 1. The van der Waals surface area contributed by atoms with Gasteiger partial charge < -0.3 is 14.7 Å². The van der Waals surface area contributed by atoms with Crippen molar-refractivity contribution >= 4 is 5.69 Å². The maximum Gasteiger partial charge on any atom is 0.213 e. The van der Waals surface area contributed by atoms with E-state index in [2.05, 4.69) is 16.0 Å². The average molecular weight is 270 g/mol. The molecule has 0 fully saturated rings. The van der Waals surface area contributed by atoms with Crippen LogP contribution < -0.4 is 9.64 Å². The number of benzene rings is 1. The molecule has 1 N–H and O–H groups in total. The molecule has 4 heteroatoms. The van der Waals surface area contributed by atoms with Crippen LogP contribution >= 0.6 is 0 Å². The van der Waals surface area contributed by atoms with E-state index in [1.807, 2.05) is 36.4 Å². The summed E-state index contributed by atoms with van der Waals surface area (Å²) < 4.78 is 5.16. The fraction of sp³-hybridized carbons (Fsp3) is 0.312. The number of para-hydroxylation sites is 1. The van der Waals surface area contributed by atoms with Crippen LogP contribution in [0.15, 0.2) is 42.5 Å². The van der Waals surface area contributed by atoms with E-state index in [0.717, 1.165) is 36.5 Å². The van der Waals surface area contributed by atoms with Crippen LogP contribution in [-0.4, -0.2) is 23.7 Å². The summed E-state index contributed by atoms with van der Waals surface area (Å²) in [4.78, 5) is 6.70. The van der Waals surface area contributed by atoms with Crippen molar-refractivity contribution < 1.29 is 9.84 Å². The molecule has 0 bridgehead atoms. The topological polar surface area (TPSA) is 45.6 Å². The summed E-state index contributed by atoms with van der Waals surface area (Å²) in [5.74, 6) is 0.632. The molecule has 4 nitrogen and oxygen atoms in total. The van der Waals surface area contributed by atoms with Crippen LogP contribution in [0.2, 0.25) is 0 Å². The Morgan fingerprint density at radius 3 is 2.95 bits per heavy atom. The number of ether oxygens (including phenoxy) is 1. The molecule has 1 aromatic heterocycles. The number of methoxy groups -OCH3 is 1. The van der Waals surface area contributed by atoms with E-state index in [-0.39, 0.29) is 6.10 Å². The van der Waals surface area contributed by atoms with Crippen LogP contribution in [0, 0.1) is 0 Å². The summed E-state index contributed by atoms with van der Waals surface area (Å²) in [5.41, 5.74) is 3.06. The maximum atomic E-state index is 10.1. The summed E-state index contributed by atoms with van der Waals surface area (Å²) in [6.45, 7) is 1.55. The highest BCUT2D eigenvalue weighted by molar-refractivity contribution is 5.56. The predicted octanol–water partition coefficient (Wildman–Crippen LogP) is 2.53. The van der Waals surface area contributed by atoms with Gasteiger partial charge in [-0.1, -0.05) is 24.3 Å². The summed E-state index contributed by atoms with van der Waals surface area (Å²) in [5, 5.41) is 10.1. The van der Waals surface area contributed by atoms with Gasteiger partial charge in [0.1, 0.15) is 0 Å². The standard InChI is InChI=1S/C16H18N2O2/c1-20-16-8-4-5-12(17-16)11-18-10-9-15(19)13-6-2-3-7-14(13)18/h2-8,15,19H,9-11H2,1H3. The first-order valence-corrected chi connectivity index (χ1v) is 6.80. The highest BCUT2D eigenvalue weighted by atomic mass is 16.5. The third-order valence-electron chi connectivity index (χ3n) is 3.65. The van der Waals surface area contributed by atoms with E-state index in [1.54, 1.807) is 7.11 Å². The fourth-order valence-corrected chi connectivity index (χ4v) is 2.63. The Balaban J connectivity index is 1.86. The number of hydrogen-bond donors (Lipinski definition) is 1. The van der Waals surface area contributed by atoms with Crippen molar-refractivity contribution in [3.05, 3.63) is 53.7 Å². The van der Waals surface area contributed by atoms with Gasteiger partial charge in [0.15, 0.2) is 0 Å². The molecule has 2 aromatic rings. The highest BCUT2D eigenvalue weighted by Crippen LogP contribution is 2.34. The van der Waals surface area contributed by atoms with Gasteiger partial charge >= 0.3 is 0 Å². The van der Waals surface area contributed by atoms with Crippen LogP contribution in [0.4, 0.5) is 5.69 Å². The Kier molecular flexibility index (Phi) is 3.56. The number of hydrogen-bond acceptors (Lipinski definition) is 4. The van der Waals surface area contributed by atoms with E-state index in [1.165, 1.54) is 0 Å². The normalized spacial score (nSPS) is 17.7. The second kappa shape index (κ2) is 5.51. The summed E-state index contributed by atoms with van der Waals surface area (Å²) >= 11 is 0. The summed E-state index contributed by atoms with van der Waals surface area (Å²) in [6, 6.07) is 13.8. The summed E-state index contributed by atoms with van der Waals surface area (Å²) in [7, 11) is 1.62. The Morgan fingerprint density at radius 2 is 2.10 bits per heavy atom. The lowest BCUT2D eigenvalue weighted by Crippen LogP contribution is -2.31. The second-order valence-corrected chi connectivity index (χ2v) is 4.96. The van der Waals surface area contributed by atoms with Gasteiger partial charge in [-0.2, -0.15) is 0 Å². The van der Waals surface area contributed by atoms with Crippen LogP contribution in [-0.2, 0) is 6.54 Å². The van der Waals surface area contributed by atoms with Crippen molar-refractivity contribution in [3.63, 3.8) is 0 Å². The van der Waals surface area contributed by atoms with E-state index in [4.69, 9.17) is 4.74 Å². The predicted molar refractivity (Wildman–Crippen MR) is 77.9 cm³/mol. The van der Waals surface area contributed by atoms with Crippen molar-refractivity contribution in [2.24, 2.45) is 0 Å². The van der Waals surface area contributed by atoms with Crippen molar-refractivity contribution in [1.82, 2.24) is 4.98 Å². The van der Waals surface area contributed by atoms with Crippen molar-refractivity contribution in [3.8, 4) is 5.88 Å². The van der Waals surface area contributed by atoms with E-state index >= 15 is 0 Å². The molecule has 0 amide bonds. The molecule has 0 saturated heterocycles. The van der Waals surface area contributed by atoms with Crippen LogP contribution in [0.25, 0.3) is 0 Å². The first-order valence-electron chi connectivity index (χ1n) is 6.80. The molecule has 104 valence electrons.